The number of rotatable bonds is 8. The fourth-order valence-electron chi connectivity index (χ4n) is 7.01. The number of hydrogen-bond acceptors (Lipinski definition) is 7. The number of carbonyl (C=O) groups is 4. The Morgan fingerprint density at radius 3 is 2.33 bits per heavy atom. The molecule has 1 aromatic heterocycles. The lowest BCUT2D eigenvalue weighted by Gasteiger charge is -2.44. The molecule has 2 saturated heterocycles. The highest BCUT2D eigenvalue weighted by Gasteiger charge is 2.56. The van der Waals surface area contributed by atoms with Gasteiger partial charge in [-0.2, -0.15) is 5.10 Å². The van der Waals surface area contributed by atoms with Crippen LogP contribution in [0, 0.1) is 5.92 Å². The number of hydrogen-bond donors (Lipinski definition) is 2. The van der Waals surface area contributed by atoms with E-state index in [-0.39, 0.29) is 35.9 Å². The van der Waals surface area contributed by atoms with Crippen molar-refractivity contribution in [3.8, 4) is 11.1 Å². The molecule has 10 heteroatoms. The van der Waals surface area contributed by atoms with Crippen molar-refractivity contribution in [3.05, 3.63) is 71.5 Å². The predicted octanol–water partition coefficient (Wildman–Crippen LogP) is 3.61. The molecule has 3 aliphatic heterocycles. The van der Waals surface area contributed by atoms with Crippen molar-refractivity contribution in [2.45, 2.75) is 62.6 Å². The third kappa shape index (κ3) is 4.30. The van der Waals surface area contributed by atoms with Crippen LogP contribution in [-0.2, 0) is 9.59 Å². The van der Waals surface area contributed by atoms with E-state index in [1.54, 1.807) is 24.3 Å². The third-order valence-corrected chi connectivity index (χ3v) is 9.89. The van der Waals surface area contributed by atoms with Crippen molar-refractivity contribution in [2.24, 2.45) is 5.92 Å². The molecule has 10 nitrogen and oxygen atoms in total. The largest absolute Gasteiger partial charge is 0.371 e. The number of nitrogens with one attached hydrogen (secondary N) is 2. The van der Waals surface area contributed by atoms with Gasteiger partial charge in [-0.05, 0) is 67.9 Å². The van der Waals surface area contributed by atoms with Crippen molar-refractivity contribution in [1.29, 1.82) is 0 Å². The van der Waals surface area contributed by atoms with Crippen LogP contribution >= 0.6 is 0 Å². The molecule has 1 atom stereocenters. The summed E-state index contributed by atoms with van der Waals surface area (Å²) in [5.41, 5.74) is 3.85. The lowest BCUT2D eigenvalue weighted by Crippen LogP contribution is -2.72. The minimum atomic E-state index is -1.61. The summed E-state index contributed by atoms with van der Waals surface area (Å²) in [6, 6.07) is 15.6. The van der Waals surface area contributed by atoms with Gasteiger partial charge < -0.3 is 4.90 Å². The first-order chi connectivity index (χ1) is 20.9. The van der Waals surface area contributed by atoms with Crippen molar-refractivity contribution >= 4 is 29.3 Å². The van der Waals surface area contributed by atoms with Gasteiger partial charge >= 0.3 is 0 Å². The molecule has 0 spiro atoms. The van der Waals surface area contributed by atoms with E-state index in [0.29, 0.717) is 12.5 Å². The van der Waals surface area contributed by atoms with Crippen LogP contribution < -0.4 is 15.5 Å². The van der Waals surface area contributed by atoms with Gasteiger partial charge in [0.15, 0.2) is 5.66 Å². The highest BCUT2D eigenvalue weighted by Crippen LogP contribution is 2.46. The average Bonchev–Trinajstić information content (AvgIpc) is 3.66. The maximum Gasteiger partial charge on any atom is 0.268 e. The number of fused-ring (bicyclic) bond motifs is 1. The number of carbonyl (C=O) groups excluding carboxylic acids is 4. The van der Waals surface area contributed by atoms with E-state index in [9.17, 15) is 19.2 Å². The zero-order chi connectivity index (χ0) is 29.3. The van der Waals surface area contributed by atoms with Crippen molar-refractivity contribution in [3.63, 3.8) is 0 Å². The molecule has 2 aromatic carbocycles. The molecular weight excluding hydrogens is 544 g/mol. The minimum absolute atomic E-state index is 0.0401. The van der Waals surface area contributed by atoms with Crippen LogP contribution in [0.2, 0.25) is 0 Å². The van der Waals surface area contributed by atoms with Gasteiger partial charge in [0.2, 0.25) is 5.91 Å². The van der Waals surface area contributed by atoms with Gasteiger partial charge in [-0.1, -0.05) is 24.3 Å². The van der Waals surface area contributed by atoms with E-state index in [1.165, 1.54) is 41.8 Å². The predicted molar refractivity (Wildman–Crippen MR) is 158 cm³/mol. The van der Waals surface area contributed by atoms with E-state index >= 15 is 0 Å². The lowest BCUT2D eigenvalue weighted by molar-refractivity contribution is -0.143. The van der Waals surface area contributed by atoms with Gasteiger partial charge in [0, 0.05) is 55.8 Å². The summed E-state index contributed by atoms with van der Waals surface area (Å²) in [7, 11) is 0. The van der Waals surface area contributed by atoms with Crippen LogP contribution in [0.4, 0.5) is 5.69 Å². The van der Waals surface area contributed by atoms with Crippen molar-refractivity contribution < 1.29 is 19.2 Å². The zero-order valence-electron chi connectivity index (χ0n) is 23.9. The van der Waals surface area contributed by atoms with Gasteiger partial charge in [0.25, 0.3) is 17.7 Å². The maximum atomic E-state index is 13.4. The molecule has 0 radical (unpaired) electrons. The van der Waals surface area contributed by atoms with Crippen molar-refractivity contribution in [2.75, 3.05) is 24.5 Å². The third-order valence-electron chi connectivity index (χ3n) is 9.89. The average molecular weight is 579 g/mol. The number of anilines is 1. The Morgan fingerprint density at radius 2 is 1.67 bits per heavy atom. The van der Waals surface area contributed by atoms with E-state index in [1.807, 2.05) is 0 Å². The second kappa shape index (κ2) is 9.87. The normalized spacial score (nSPS) is 26.7. The van der Waals surface area contributed by atoms with E-state index < -0.39 is 29.3 Å². The first-order valence-electron chi connectivity index (χ1n) is 15.4. The summed E-state index contributed by atoms with van der Waals surface area (Å²) < 4.78 is 2.13. The number of imide groups is 2. The highest BCUT2D eigenvalue weighted by molar-refractivity contribution is 6.24. The summed E-state index contributed by atoms with van der Waals surface area (Å²) in [4.78, 5) is 55.6. The van der Waals surface area contributed by atoms with Crippen LogP contribution in [0.25, 0.3) is 11.1 Å². The second-order valence-electron chi connectivity index (χ2n) is 12.7. The summed E-state index contributed by atoms with van der Waals surface area (Å²) >= 11 is 0. The molecule has 4 heterocycles. The summed E-state index contributed by atoms with van der Waals surface area (Å²) in [6.07, 6.45) is 7.62. The molecule has 4 amide bonds. The zero-order valence-corrected chi connectivity index (χ0v) is 23.9. The molecule has 0 bridgehead atoms. The Morgan fingerprint density at radius 1 is 0.930 bits per heavy atom. The second-order valence-corrected chi connectivity index (χ2v) is 12.7. The van der Waals surface area contributed by atoms with Crippen LogP contribution in [0.15, 0.2) is 54.7 Å². The monoisotopic (exact) mass is 578 g/mol. The van der Waals surface area contributed by atoms with Gasteiger partial charge in [0.1, 0.15) is 0 Å². The number of piperidine rings is 1. The Balaban J connectivity index is 0.990. The maximum absolute atomic E-state index is 13.4. The van der Waals surface area contributed by atoms with E-state index in [4.69, 9.17) is 5.10 Å². The molecule has 2 aliphatic carbocycles. The van der Waals surface area contributed by atoms with Gasteiger partial charge in [-0.25, -0.2) is 4.90 Å². The topological polar surface area (TPSA) is 117 Å². The molecule has 43 heavy (non-hydrogen) atoms. The van der Waals surface area contributed by atoms with E-state index in [0.717, 1.165) is 30.8 Å². The van der Waals surface area contributed by atoms with Gasteiger partial charge in [-0.3, -0.25) is 34.5 Å². The molecule has 1 unspecified atom stereocenters. The Kier molecular flexibility index (Phi) is 6.04. The Hall–Kier alpha value is -4.31. The first kappa shape index (κ1) is 26.3. The van der Waals surface area contributed by atoms with Crippen LogP contribution in [-0.4, -0.2) is 63.6 Å². The van der Waals surface area contributed by atoms with Crippen LogP contribution in [0.5, 0.6) is 0 Å². The molecule has 2 saturated carbocycles. The molecular formula is C33H34N6O4. The summed E-state index contributed by atoms with van der Waals surface area (Å²) in [5.74, 6) is -1.33. The number of nitrogens with zero attached hydrogens (tertiary/aromatic N) is 4. The summed E-state index contributed by atoms with van der Waals surface area (Å²) in [5, 5.41) is 10.8. The molecule has 2 N–H and O–H groups in total. The molecule has 220 valence electrons. The summed E-state index contributed by atoms with van der Waals surface area (Å²) in [6.45, 7) is 2.66. The van der Waals surface area contributed by atoms with E-state index in [2.05, 4.69) is 50.7 Å². The molecule has 4 fully saturated rings. The van der Waals surface area contributed by atoms with Crippen molar-refractivity contribution in [1.82, 2.24) is 25.3 Å². The van der Waals surface area contributed by atoms with Gasteiger partial charge in [0.05, 0.1) is 22.9 Å². The minimum Gasteiger partial charge on any atom is -0.371 e. The number of amides is 4. The Labute approximate surface area is 249 Å². The Bertz CT molecular complexity index is 1630. The molecule has 3 aromatic rings. The first-order valence-corrected chi connectivity index (χ1v) is 15.4. The fraction of sp³-hybridized carbons (Fsp3) is 0.424. The smallest absolute Gasteiger partial charge is 0.268 e. The van der Waals surface area contributed by atoms with Crippen LogP contribution in [0.1, 0.15) is 83.3 Å². The SMILES string of the molecule is O=C1CCC(NCC2CC(n3cc(-c4cccc(N5CCC5)c4)c(C4CC4)n3)C2)(N2C(=O)c3ccccc3C2=O)C(=O)N1. The number of aromatic nitrogens is 2. The fourth-order valence-corrected chi connectivity index (χ4v) is 7.01. The van der Waals surface area contributed by atoms with Crippen LogP contribution in [0.3, 0.4) is 0 Å². The standard InChI is InChI=1S/C33H34N6O4/c40-28-11-12-33(32(43)35-28,39-30(41)25-7-1-2-8-26(25)31(39)42)34-18-20-15-24(16-20)38-19-27(29(36-38)21-9-10-21)22-5-3-6-23(17-22)37-13-4-14-37/h1-3,5-8,17,19-21,24,34H,4,9-16,18H2,(H,35,40,43). The quantitative estimate of drug-likeness (QED) is 0.393. The van der Waals surface area contributed by atoms with Gasteiger partial charge in [-0.15, -0.1) is 0 Å². The number of benzene rings is 2. The molecule has 8 rings (SSSR count). The lowest BCUT2D eigenvalue weighted by atomic mass is 9.79. The highest BCUT2D eigenvalue weighted by atomic mass is 16.2. The molecule has 5 aliphatic rings.